The molecule has 0 spiro atoms. The Bertz CT molecular complexity index is 1130. The third-order valence-corrected chi connectivity index (χ3v) is 11.3. The summed E-state index contributed by atoms with van der Waals surface area (Å²) in [5.41, 5.74) is 1.65. The number of piperidine rings is 1. The maximum Gasteiger partial charge on any atom is 0.263 e. The summed E-state index contributed by atoms with van der Waals surface area (Å²) in [5.74, 6) is -0.0578. The highest BCUT2D eigenvalue weighted by atomic mass is 32.2. The Morgan fingerprint density at radius 2 is 1.76 bits per heavy atom. The van der Waals surface area contributed by atoms with Crippen molar-refractivity contribution in [3.63, 3.8) is 0 Å². The van der Waals surface area contributed by atoms with Crippen molar-refractivity contribution in [2.75, 3.05) is 12.3 Å². The van der Waals surface area contributed by atoms with E-state index in [0.717, 1.165) is 40.9 Å². The molecule has 1 unspecified atom stereocenters. The molecule has 38 heavy (non-hydrogen) atoms. The van der Waals surface area contributed by atoms with Crippen molar-refractivity contribution in [1.82, 2.24) is 15.5 Å². The maximum atomic E-state index is 13.2. The zero-order chi connectivity index (χ0) is 27.1. The van der Waals surface area contributed by atoms with Crippen LogP contribution in [0.25, 0.3) is 0 Å². The first kappa shape index (κ1) is 27.4. The molecule has 8 heteroatoms. The molecule has 4 amide bonds. The summed E-state index contributed by atoms with van der Waals surface area (Å²) in [6, 6.07) is 5.07. The molecule has 206 valence electrons. The van der Waals surface area contributed by atoms with Crippen molar-refractivity contribution in [2.24, 2.45) is 16.7 Å². The summed E-state index contributed by atoms with van der Waals surface area (Å²) < 4.78 is 0. The van der Waals surface area contributed by atoms with Gasteiger partial charge in [0.05, 0.1) is 11.1 Å². The molecular weight excluding hydrogens is 498 g/mol. The van der Waals surface area contributed by atoms with Gasteiger partial charge in [0.2, 0.25) is 11.8 Å². The molecule has 1 aromatic rings. The minimum atomic E-state index is -0.925. The van der Waals surface area contributed by atoms with E-state index in [-0.39, 0.29) is 18.7 Å². The molecule has 1 aromatic carbocycles. The van der Waals surface area contributed by atoms with Gasteiger partial charge in [0.15, 0.2) is 0 Å². The Balaban J connectivity index is 1.03. The van der Waals surface area contributed by atoms with Gasteiger partial charge < -0.3 is 5.32 Å². The van der Waals surface area contributed by atoms with Gasteiger partial charge in [-0.15, -0.1) is 11.8 Å². The quantitative estimate of drug-likeness (QED) is 0.235. The number of imide groups is 2. The third kappa shape index (κ3) is 4.72. The van der Waals surface area contributed by atoms with Gasteiger partial charge in [-0.3, -0.25) is 29.4 Å². The number of unbranched alkanes of at least 4 members (excludes halogenated alkanes) is 4. The Hall–Kier alpha value is -2.19. The van der Waals surface area contributed by atoms with Crippen LogP contribution in [-0.4, -0.2) is 52.9 Å². The van der Waals surface area contributed by atoms with Crippen LogP contribution in [0.5, 0.6) is 0 Å². The Kier molecular flexibility index (Phi) is 7.75. The number of rotatable bonds is 11. The second-order valence-corrected chi connectivity index (χ2v) is 13.5. The molecule has 5 rings (SSSR count). The molecule has 2 N–H and O–H groups in total. The van der Waals surface area contributed by atoms with Crippen molar-refractivity contribution in [3.05, 3.63) is 29.3 Å². The molecule has 7 nitrogen and oxygen atoms in total. The minimum Gasteiger partial charge on any atom is -0.313 e. The highest BCUT2D eigenvalue weighted by Crippen LogP contribution is 2.65. The fraction of sp³-hybridized carbons (Fsp3) is 0.667. The highest BCUT2D eigenvalue weighted by molar-refractivity contribution is 7.99. The lowest BCUT2D eigenvalue weighted by Gasteiger charge is -2.39. The SMILES string of the molecule is CC1(C)[C@@H]2CC[C@@]1(C)[C@@H](NCCCCCCCSc1cccc3c1C(=O)N(C1CCC(=O)NC1=O)C3=O)C2. The second kappa shape index (κ2) is 10.8. The smallest absolute Gasteiger partial charge is 0.263 e. The van der Waals surface area contributed by atoms with E-state index < -0.39 is 23.8 Å². The van der Waals surface area contributed by atoms with Gasteiger partial charge in [0.25, 0.3) is 11.8 Å². The summed E-state index contributed by atoms with van der Waals surface area (Å²) in [4.78, 5) is 51.8. The summed E-state index contributed by atoms with van der Waals surface area (Å²) >= 11 is 1.61. The van der Waals surface area contributed by atoms with Gasteiger partial charge in [-0.2, -0.15) is 0 Å². The molecule has 0 radical (unpaired) electrons. The fourth-order valence-electron chi connectivity index (χ4n) is 7.33. The molecule has 2 heterocycles. The van der Waals surface area contributed by atoms with Gasteiger partial charge in [0.1, 0.15) is 6.04 Å². The van der Waals surface area contributed by atoms with Gasteiger partial charge in [-0.25, -0.2) is 0 Å². The van der Waals surface area contributed by atoms with E-state index in [1.807, 2.05) is 6.07 Å². The summed E-state index contributed by atoms with van der Waals surface area (Å²) in [5, 5.41) is 6.13. The van der Waals surface area contributed by atoms with E-state index >= 15 is 0 Å². The number of nitrogens with one attached hydrogen (secondary N) is 2. The standard InChI is InChI=1S/C30H41N3O4S/c1-29(2)19-14-15-30(29,3)23(18-19)31-16-7-5-4-6-8-17-38-22-11-9-10-20-25(22)28(37)33(27(20)36)21-12-13-24(34)32-26(21)35/h9-11,19,21,23,31H,4-8,12-18H2,1-3H3,(H,32,34,35)/t19-,21?,23+,30+/m1/s1. The van der Waals surface area contributed by atoms with Crippen LogP contribution in [0.2, 0.25) is 0 Å². The molecule has 1 saturated heterocycles. The molecule has 2 saturated carbocycles. The largest absolute Gasteiger partial charge is 0.313 e. The number of nitrogens with zero attached hydrogens (tertiary/aromatic N) is 1. The van der Waals surface area contributed by atoms with Gasteiger partial charge in [-0.1, -0.05) is 46.1 Å². The number of hydrogen-bond donors (Lipinski definition) is 2. The van der Waals surface area contributed by atoms with Crippen LogP contribution in [0.3, 0.4) is 0 Å². The van der Waals surface area contributed by atoms with Crippen LogP contribution in [0.4, 0.5) is 0 Å². The minimum absolute atomic E-state index is 0.125. The van der Waals surface area contributed by atoms with Crippen LogP contribution in [-0.2, 0) is 9.59 Å². The summed E-state index contributed by atoms with van der Waals surface area (Å²) in [7, 11) is 0. The third-order valence-electron chi connectivity index (χ3n) is 10.2. The Morgan fingerprint density at radius 3 is 2.47 bits per heavy atom. The topological polar surface area (TPSA) is 95.6 Å². The van der Waals surface area contributed by atoms with Crippen LogP contribution in [0.15, 0.2) is 23.1 Å². The molecular formula is C30H41N3O4S. The molecule has 0 aromatic heterocycles. The van der Waals surface area contributed by atoms with E-state index in [4.69, 9.17) is 0 Å². The van der Waals surface area contributed by atoms with E-state index in [1.165, 1.54) is 38.5 Å². The highest BCUT2D eigenvalue weighted by Gasteiger charge is 2.60. The Labute approximate surface area is 230 Å². The van der Waals surface area contributed by atoms with Crippen molar-refractivity contribution >= 4 is 35.4 Å². The predicted molar refractivity (Wildman–Crippen MR) is 148 cm³/mol. The average molecular weight is 540 g/mol. The van der Waals surface area contributed by atoms with Crippen molar-refractivity contribution in [1.29, 1.82) is 0 Å². The van der Waals surface area contributed by atoms with Crippen LogP contribution in [0, 0.1) is 16.7 Å². The maximum absolute atomic E-state index is 13.2. The van der Waals surface area contributed by atoms with Crippen LogP contribution >= 0.6 is 11.8 Å². The molecule has 4 atom stereocenters. The van der Waals surface area contributed by atoms with Crippen molar-refractivity contribution < 1.29 is 19.2 Å². The predicted octanol–water partition coefficient (Wildman–Crippen LogP) is 4.93. The number of hydrogen-bond acceptors (Lipinski definition) is 6. The van der Waals surface area contributed by atoms with Gasteiger partial charge in [0, 0.05) is 17.4 Å². The van der Waals surface area contributed by atoms with Crippen molar-refractivity contribution in [2.45, 2.75) is 102 Å². The average Bonchev–Trinajstić information content (AvgIpc) is 3.34. The van der Waals surface area contributed by atoms with E-state index in [2.05, 4.69) is 31.4 Å². The number of carbonyl (C=O) groups excluding carboxylic acids is 4. The number of amides is 4. The van der Waals surface area contributed by atoms with Gasteiger partial charge >= 0.3 is 0 Å². The summed E-state index contributed by atoms with van der Waals surface area (Å²) in [6.07, 6.45) is 10.2. The monoisotopic (exact) mass is 539 g/mol. The molecule has 2 aliphatic carbocycles. The lowest BCUT2D eigenvalue weighted by molar-refractivity contribution is -0.136. The van der Waals surface area contributed by atoms with E-state index in [9.17, 15) is 19.2 Å². The Morgan fingerprint density at radius 1 is 1.00 bits per heavy atom. The number of fused-ring (bicyclic) bond motifs is 3. The zero-order valence-corrected chi connectivity index (χ0v) is 23.8. The molecule has 4 aliphatic rings. The lowest BCUT2D eigenvalue weighted by atomic mass is 9.69. The fourth-order valence-corrected chi connectivity index (χ4v) is 8.42. The second-order valence-electron chi connectivity index (χ2n) is 12.4. The van der Waals surface area contributed by atoms with Crippen LogP contribution < -0.4 is 10.6 Å². The first-order valence-corrected chi connectivity index (χ1v) is 15.3. The summed E-state index contributed by atoms with van der Waals surface area (Å²) in [6.45, 7) is 8.54. The lowest BCUT2D eigenvalue weighted by Crippen LogP contribution is -2.54. The molecule has 2 aliphatic heterocycles. The zero-order valence-electron chi connectivity index (χ0n) is 22.9. The van der Waals surface area contributed by atoms with Crippen LogP contribution in [0.1, 0.15) is 106 Å². The van der Waals surface area contributed by atoms with E-state index in [1.54, 1.807) is 23.9 Å². The van der Waals surface area contributed by atoms with Gasteiger partial charge in [-0.05, 0) is 79.7 Å². The first-order chi connectivity index (χ1) is 18.1. The number of carbonyl (C=O) groups is 4. The normalized spacial score (nSPS) is 29.8. The first-order valence-electron chi connectivity index (χ1n) is 14.4. The van der Waals surface area contributed by atoms with E-state index in [0.29, 0.717) is 28.0 Å². The number of thioether (sulfide) groups is 1. The van der Waals surface area contributed by atoms with Crippen molar-refractivity contribution in [3.8, 4) is 0 Å². The molecule has 2 bridgehead atoms. The molecule has 3 fully saturated rings. The number of benzene rings is 1.